The highest BCUT2D eigenvalue weighted by atomic mass is 35.5. The second-order valence-electron chi connectivity index (χ2n) is 12.2. The number of halogens is 1. The smallest absolute Gasteiger partial charge is 0.352 e. The molecule has 0 radical (unpaired) electrons. The molecule has 7 rings (SSSR count). The highest BCUT2D eigenvalue weighted by molar-refractivity contribution is 7.98. The summed E-state index contributed by atoms with van der Waals surface area (Å²) < 4.78 is 12.3. The molecule has 0 atom stereocenters. The van der Waals surface area contributed by atoms with E-state index in [4.69, 9.17) is 26.5 Å². The minimum absolute atomic E-state index is 0.283. The molecule has 0 spiro atoms. The number of hydrogen-bond donors (Lipinski definition) is 2. The predicted molar refractivity (Wildman–Crippen MR) is 191 cm³/mol. The van der Waals surface area contributed by atoms with Crippen LogP contribution in [0.4, 0.5) is 5.69 Å². The van der Waals surface area contributed by atoms with Crippen molar-refractivity contribution in [2.24, 2.45) is 14.1 Å². The second kappa shape index (κ2) is 13.2. The molecule has 0 unspecified atom stereocenters. The molecule has 2 N–H and O–H groups in total. The van der Waals surface area contributed by atoms with Gasteiger partial charge in [0.25, 0.3) is 0 Å². The molecule has 12 heteroatoms. The molecule has 9 nitrogen and oxygen atoms in total. The van der Waals surface area contributed by atoms with Crippen molar-refractivity contribution in [3.63, 3.8) is 0 Å². The first-order valence-corrected chi connectivity index (χ1v) is 18.6. The molecule has 47 heavy (non-hydrogen) atoms. The van der Waals surface area contributed by atoms with Crippen molar-refractivity contribution >= 4 is 57.7 Å². The summed E-state index contributed by atoms with van der Waals surface area (Å²) in [5, 5.41) is 25.3. The van der Waals surface area contributed by atoms with Gasteiger partial charge >= 0.3 is 5.97 Å². The first kappa shape index (κ1) is 32.0. The summed E-state index contributed by atoms with van der Waals surface area (Å²) in [6.45, 7) is 6.21. The maximum atomic E-state index is 12.8. The average Bonchev–Trinajstić information content (AvgIpc) is 3.67. The van der Waals surface area contributed by atoms with Crippen LogP contribution in [0.3, 0.4) is 0 Å². The molecule has 246 valence electrons. The summed E-state index contributed by atoms with van der Waals surface area (Å²) in [7, 11) is 3.85. The zero-order chi connectivity index (χ0) is 32.8. The van der Waals surface area contributed by atoms with E-state index in [1.54, 1.807) is 28.1 Å². The third kappa shape index (κ3) is 5.91. The first-order valence-electron chi connectivity index (χ1n) is 16.1. The number of thioether (sulfide) groups is 2. The number of aromatic carboxylic acids is 1. The number of carboxylic acid groups (broad SMARTS) is 1. The minimum Gasteiger partial charge on any atom is -0.491 e. The molecule has 8 bridgehead atoms. The van der Waals surface area contributed by atoms with E-state index < -0.39 is 5.97 Å². The van der Waals surface area contributed by atoms with Gasteiger partial charge in [-0.2, -0.15) is 10.2 Å². The number of fused-ring (bicyclic) bond motifs is 8. The van der Waals surface area contributed by atoms with E-state index in [0.29, 0.717) is 36.8 Å². The molecular weight excluding hydrogens is 652 g/mol. The third-order valence-corrected chi connectivity index (χ3v) is 11.5. The van der Waals surface area contributed by atoms with Gasteiger partial charge in [-0.05, 0) is 74.9 Å². The van der Waals surface area contributed by atoms with Crippen LogP contribution in [0.15, 0.2) is 35.2 Å². The van der Waals surface area contributed by atoms with Crippen LogP contribution in [0, 0.1) is 6.92 Å². The molecule has 3 aromatic heterocycles. The largest absolute Gasteiger partial charge is 0.491 e. The van der Waals surface area contributed by atoms with Gasteiger partial charge < -0.3 is 19.7 Å². The Hall–Kier alpha value is -3.54. The van der Waals surface area contributed by atoms with Gasteiger partial charge in [-0.15, -0.1) is 23.5 Å². The molecular formula is C35H39ClN6O3S2. The molecule has 5 aromatic rings. The SMILES string of the molecule is CCn1nc(C)c2c1CSCc1cc(n(C)n1)CSc1cc3c(c(c1)OCCCc1c(C(=O)O)n(C)c4c-2c(Cl)ccc14)NCCC3. The zero-order valence-electron chi connectivity index (χ0n) is 27.2. The summed E-state index contributed by atoms with van der Waals surface area (Å²) in [6.07, 6.45) is 3.33. The molecule has 0 saturated heterocycles. The Labute approximate surface area is 288 Å². The van der Waals surface area contributed by atoms with Crippen LogP contribution in [0.25, 0.3) is 22.0 Å². The van der Waals surface area contributed by atoms with Gasteiger partial charge in [0.15, 0.2) is 0 Å². The standard InChI is InChI=1S/C35H39ClN6O3S2/c1-5-42-28-19-46-17-22-15-23(41(4)39-22)18-47-24-14-21-8-6-12-37-32(21)29(16-24)45-13-7-9-25-26-10-11-27(36)31(30(28)20(2)38-42)33(26)40(3)34(25)35(43)44/h10-11,14-16,37H,5-9,12-13,17-19H2,1-4H3,(H,43,44). The van der Waals surface area contributed by atoms with E-state index in [0.717, 1.165) is 87.0 Å². The van der Waals surface area contributed by atoms with Crippen LogP contribution in [0.2, 0.25) is 5.02 Å². The van der Waals surface area contributed by atoms with Crippen molar-refractivity contribution in [3.05, 3.63) is 75.0 Å². The van der Waals surface area contributed by atoms with E-state index in [1.807, 2.05) is 42.5 Å². The number of aromatic nitrogens is 5. The average molecular weight is 691 g/mol. The van der Waals surface area contributed by atoms with Gasteiger partial charge in [-0.1, -0.05) is 17.7 Å². The number of nitrogens with one attached hydrogen (secondary N) is 1. The van der Waals surface area contributed by atoms with E-state index in [1.165, 1.54) is 16.2 Å². The van der Waals surface area contributed by atoms with E-state index in [9.17, 15) is 9.90 Å². The highest BCUT2D eigenvalue weighted by Gasteiger charge is 2.28. The summed E-state index contributed by atoms with van der Waals surface area (Å²) in [4.78, 5) is 13.9. The molecule has 2 aliphatic heterocycles. The van der Waals surface area contributed by atoms with Crippen molar-refractivity contribution in [3.8, 4) is 16.9 Å². The lowest BCUT2D eigenvalue weighted by molar-refractivity contribution is 0.0685. The van der Waals surface area contributed by atoms with Gasteiger partial charge in [0.2, 0.25) is 0 Å². The highest BCUT2D eigenvalue weighted by Crippen LogP contribution is 2.43. The molecule has 2 aliphatic rings. The molecule has 0 saturated carbocycles. The Morgan fingerprint density at radius 1 is 1.09 bits per heavy atom. The van der Waals surface area contributed by atoms with Crippen LogP contribution in [0.1, 0.15) is 64.2 Å². The Balaban J connectivity index is 1.35. The quantitative estimate of drug-likeness (QED) is 0.193. The molecule has 0 aliphatic carbocycles. The van der Waals surface area contributed by atoms with Gasteiger partial charge in [0.05, 0.1) is 39.9 Å². The van der Waals surface area contributed by atoms with Crippen molar-refractivity contribution in [1.29, 1.82) is 0 Å². The van der Waals surface area contributed by atoms with Gasteiger partial charge in [0.1, 0.15) is 11.4 Å². The van der Waals surface area contributed by atoms with Crippen LogP contribution in [-0.2, 0) is 50.7 Å². The van der Waals surface area contributed by atoms with Crippen molar-refractivity contribution < 1.29 is 14.6 Å². The van der Waals surface area contributed by atoms with Crippen molar-refractivity contribution in [2.45, 2.75) is 68.2 Å². The van der Waals surface area contributed by atoms with E-state index >= 15 is 0 Å². The van der Waals surface area contributed by atoms with Crippen LogP contribution in [0.5, 0.6) is 5.75 Å². The van der Waals surface area contributed by atoms with Crippen molar-refractivity contribution in [1.82, 2.24) is 24.1 Å². The molecule has 2 aromatic carbocycles. The number of nitrogens with zero attached hydrogens (tertiary/aromatic N) is 5. The summed E-state index contributed by atoms with van der Waals surface area (Å²) >= 11 is 10.6. The lowest BCUT2D eigenvalue weighted by Crippen LogP contribution is -2.14. The Morgan fingerprint density at radius 3 is 2.74 bits per heavy atom. The Bertz CT molecular complexity index is 2010. The zero-order valence-corrected chi connectivity index (χ0v) is 29.5. The van der Waals surface area contributed by atoms with Crippen LogP contribution in [-0.4, -0.2) is 48.4 Å². The number of aryl methyl sites for hydroxylation is 6. The Morgan fingerprint density at radius 2 is 1.94 bits per heavy atom. The van der Waals surface area contributed by atoms with Crippen molar-refractivity contribution in [2.75, 3.05) is 18.5 Å². The summed E-state index contributed by atoms with van der Waals surface area (Å²) in [5.41, 5.74) is 10.2. The van der Waals surface area contributed by atoms with Gasteiger partial charge in [-0.25, -0.2) is 4.79 Å². The monoisotopic (exact) mass is 690 g/mol. The fourth-order valence-corrected chi connectivity index (χ4v) is 9.26. The Kier molecular flexibility index (Phi) is 8.97. The van der Waals surface area contributed by atoms with Gasteiger partial charge in [-0.3, -0.25) is 9.36 Å². The second-order valence-corrected chi connectivity index (χ2v) is 14.6. The number of rotatable bonds is 2. The van der Waals surface area contributed by atoms with E-state index in [-0.39, 0.29) is 5.69 Å². The molecule has 0 amide bonds. The number of benzene rings is 2. The number of ether oxygens (including phenoxy) is 1. The number of anilines is 1. The summed E-state index contributed by atoms with van der Waals surface area (Å²) in [5.74, 6) is 2.18. The topological polar surface area (TPSA) is 99.1 Å². The van der Waals surface area contributed by atoms with Crippen LogP contribution < -0.4 is 10.1 Å². The lowest BCUT2D eigenvalue weighted by atomic mass is 9.98. The summed E-state index contributed by atoms with van der Waals surface area (Å²) in [6, 6.07) is 10.5. The number of carboxylic acids is 1. The van der Waals surface area contributed by atoms with E-state index in [2.05, 4.69) is 30.4 Å². The number of carbonyl (C=O) groups is 1. The fourth-order valence-electron chi connectivity index (χ4n) is 7.08. The lowest BCUT2D eigenvalue weighted by Gasteiger charge is -2.22. The predicted octanol–water partition coefficient (Wildman–Crippen LogP) is 7.86. The minimum atomic E-state index is -0.953. The molecule has 0 fully saturated rings. The third-order valence-electron chi connectivity index (χ3n) is 9.21. The van der Waals surface area contributed by atoms with Crippen LogP contribution >= 0.6 is 35.1 Å². The first-order chi connectivity index (χ1) is 22.7. The number of hydrogen-bond acceptors (Lipinski definition) is 7. The maximum Gasteiger partial charge on any atom is 0.352 e. The maximum absolute atomic E-state index is 12.8. The van der Waals surface area contributed by atoms with Gasteiger partial charge in [0, 0.05) is 71.5 Å². The normalized spacial score (nSPS) is 15.4. The fraction of sp³-hybridized carbons (Fsp3) is 0.400. The molecule has 5 heterocycles.